The molecule has 1 aromatic carbocycles. The number of carbonyl (C=O) groups is 1. The SMILES string of the molecule is Cl.O=C(OCc1ccccc1)N1CCC(C2CCNCC2)C1. The minimum Gasteiger partial charge on any atom is -0.445 e. The monoisotopic (exact) mass is 324 g/mol. The zero-order chi connectivity index (χ0) is 14.5. The molecule has 1 aromatic rings. The van der Waals surface area contributed by atoms with E-state index >= 15 is 0 Å². The maximum atomic E-state index is 12.1. The highest BCUT2D eigenvalue weighted by atomic mass is 35.5. The van der Waals surface area contributed by atoms with E-state index < -0.39 is 0 Å². The Bertz CT molecular complexity index is 463. The minimum absolute atomic E-state index is 0. The molecule has 0 aliphatic carbocycles. The fourth-order valence-corrected chi connectivity index (χ4v) is 3.46. The lowest BCUT2D eigenvalue weighted by Gasteiger charge is -2.27. The smallest absolute Gasteiger partial charge is 0.410 e. The summed E-state index contributed by atoms with van der Waals surface area (Å²) >= 11 is 0. The lowest BCUT2D eigenvalue weighted by Crippen LogP contribution is -2.34. The highest BCUT2D eigenvalue weighted by molar-refractivity contribution is 5.85. The van der Waals surface area contributed by atoms with Crippen LogP contribution >= 0.6 is 12.4 Å². The molecule has 0 bridgehead atoms. The third-order valence-corrected chi connectivity index (χ3v) is 4.74. The van der Waals surface area contributed by atoms with E-state index in [0.29, 0.717) is 12.5 Å². The van der Waals surface area contributed by atoms with Crippen LogP contribution in [0.5, 0.6) is 0 Å². The number of nitrogens with one attached hydrogen (secondary N) is 1. The number of halogens is 1. The van der Waals surface area contributed by atoms with Crippen molar-refractivity contribution in [3.63, 3.8) is 0 Å². The normalized spacial score (nSPS) is 22.2. The number of likely N-dealkylation sites (tertiary alicyclic amines) is 1. The molecular formula is C17H25ClN2O2. The van der Waals surface area contributed by atoms with Crippen molar-refractivity contribution in [2.24, 2.45) is 11.8 Å². The predicted octanol–water partition coefficient (Wildman–Crippen LogP) is 3.07. The predicted molar refractivity (Wildman–Crippen MR) is 89.1 cm³/mol. The number of nitrogens with zero attached hydrogens (tertiary/aromatic N) is 1. The third-order valence-electron chi connectivity index (χ3n) is 4.74. The molecule has 1 atom stereocenters. The number of ether oxygens (including phenoxy) is 1. The van der Waals surface area contributed by atoms with Gasteiger partial charge in [-0.05, 0) is 49.8 Å². The molecule has 2 saturated heterocycles. The van der Waals surface area contributed by atoms with Crippen molar-refractivity contribution in [2.45, 2.75) is 25.9 Å². The molecular weight excluding hydrogens is 300 g/mol. The van der Waals surface area contributed by atoms with Gasteiger partial charge in [0, 0.05) is 13.1 Å². The molecule has 0 radical (unpaired) electrons. The number of hydrogen-bond donors (Lipinski definition) is 1. The Kier molecular flexibility index (Phi) is 6.52. The second kappa shape index (κ2) is 8.39. The van der Waals surface area contributed by atoms with Gasteiger partial charge in [0.15, 0.2) is 0 Å². The summed E-state index contributed by atoms with van der Waals surface area (Å²) < 4.78 is 5.42. The van der Waals surface area contributed by atoms with Crippen molar-refractivity contribution in [2.75, 3.05) is 26.2 Å². The zero-order valence-corrected chi connectivity index (χ0v) is 13.7. The van der Waals surface area contributed by atoms with E-state index in [4.69, 9.17) is 4.74 Å². The molecule has 2 heterocycles. The summed E-state index contributed by atoms with van der Waals surface area (Å²) in [5, 5.41) is 3.41. The zero-order valence-electron chi connectivity index (χ0n) is 12.9. The quantitative estimate of drug-likeness (QED) is 0.929. The van der Waals surface area contributed by atoms with Crippen LogP contribution in [0.15, 0.2) is 30.3 Å². The average Bonchev–Trinajstić information content (AvgIpc) is 3.04. The molecule has 0 aromatic heterocycles. The van der Waals surface area contributed by atoms with Gasteiger partial charge < -0.3 is 15.0 Å². The standard InChI is InChI=1S/C17H24N2O2.ClH/c20-17(21-13-14-4-2-1-3-5-14)19-11-8-16(12-19)15-6-9-18-10-7-15;/h1-5,15-16,18H,6-13H2;1H. The summed E-state index contributed by atoms with van der Waals surface area (Å²) in [6.45, 7) is 4.34. The first-order chi connectivity index (χ1) is 10.3. The number of rotatable bonds is 3. The molecule has 122 valence electrons. The Morgan fingerprint density at radius 2 is 1.86 bits per heavy atom. The summed E-state index contributed by atoms with van der Waals surface area (Å²) in [5.41, 5.74) is 1.04. The van der Waals surface area contributed by atoms with Gasteiger partial charge in [0.25, 0.3) is 0 Å². The van der Waals surface area contributed by atoms with Crippen LogP contribution in [0.2, 0.25) is 0 Å². The van der Waals surface area contributed by atoms with Crippen molar-refractivity contribution >= 4 is 18.5 Å². The first-order valence-electron chi connectivity index (χ1n) is 7.99. The second-order valence-corrected chi connectivity index (χ2v) is 6.12. The van der Waals surface area contributed by atoms with E-state index in [1.807, 2.05) is 35.2 Å². The Balaban J connectivity index is 0.00000176. The maximum Gasteiger partial charge on any atom is 0.410 e. The molecule has 1 amide bonds. The average molecular weight is 325 g/mol. The van der Waals surface area contributed by atoms with Gasteiger partial charge in [-0.3, -0.25) is 0 Å². The molecule has 22 heavy (non-hydrogen) atoms. The summed E-state index contributed by atoms with van der Waals surface area (Å²) in [7, 11) is 0. The van der Waals surface area contributed by atoms with Crippen LogP contribution in [-0.2, 0) is 11.3 Å². The molecule has 3 rings (SSSR count). The van der Waals surface area contributed by atoms with E-state index in [1.165, 1.54) is 12.8 Å². The lowest BCUT2D eigenvalue weighted by atomic mass is 9.84. The molecule has 1 unspecified atom stereocenters. The maximum absolute atomic E-state index is 12.1. The van der Waals surface area contributed by atoms with Gasteiger partial charge in [-0.15, -0.1) is 12.4 Å². The first-order valence-corrected chi connectivity index (χ1v) is 7.99. The summed E-state index contributed by atoms with van der Waals surface area (Å²) in [4.78, 5) is 14.0. The molecule has 2 fully saturated rings. The van der Waals surface area contributed by atoms with Crippen molar-refractivity contribution < 1.29 is 9.53 Å². The molecule has 2 aliphatic heterocycles. The Hall–Kier alpha value is -1.26. The van der Waals surface area contributed by atoms with E-state index in [-0.39, 0.29) is 18.5 Å². The van der Waals surface area contributed by atoms with Crippen LogP contribution < -0.4 is 5.32 Å². The fraction of sp³-hybridized carbons (Fsp3) is 0.588. The Morgan fingerprint density at radius 3 is 2.59 bits per heavy atom. The number of benzene rings is 1. The van der Waals surface area contributed by atoms with Crippen LogP contribution in [0.4, 0.5) is 4.79 Å². The van der Waals surface area contributed by atoms with Gasteiger partial charge in [-0.1, -0.05) is 30.3 Å². The van der Waals surface area contributed by atoms with Crippen molar-refractivity contribution in [3.8, 4) is 0 Å². The van der Waals surface area contributed by atoms with Crippen LogP contribution in [0.3, 0.4) is 0 Å². The van der Waals surface area contributed by atoms with Gasteiger partial charge in [-0.25, -0.2) is 4.79 Å². The third kappa shape index (κ3) is 4.37. The number of piperidine rings is 1. The fourth-order valence-electron chi connectivity index (χ4n) is 3.46. The van der Waals surface area contributed by atoms with Crippen molar-refractivity contribution in [3.05, 3.63) is 35.9 Å². The van der Waals surface area contributed by atoms with Crippen LogP contribution in [0.1, 0.15) is 24.8 Å². The molecule has 1 N–H and O–H groups in total. The van der Waals surface area contributed by atoms with E-state index in [2.05, 4.69) is 5.32 Å². The van der Waals surface area contributed by atoms with Crippen LogP contribution in [-0.4, -0.2) is 37.2 Å². The molecule has 0 spiro atoms. The highest BCUT2D eigenvalue weighted by Crippen LogP contribution is 2.30. The number of carbonyl (C=O) groups excluding carboxylic acids is 1. The van der Waals surface area contributed by atoms with E-state index in [9.17, 15) is 4.79 Å². The van der Waals surface area contributed by atoms with Gasteiger partial charge in [-0.2, -0.15) is 0 Å². The molecule has 4 nitrogen and oxygen atoms in total. The van der Waals surface area contributed by atoms with Crippen molar-refractivity contribution in [1.82, 2.24) is 10.2 Å². The van der Waals surface area contributed by atoms with E-state index in [1.54, 1.807) is 0 Å². The second-order valence-electron chi connectivity index (χ2n) is 6.12. The highest BCUT2D eigenvalue weighted by Gasteiger charge is 2.32. The minimum atomic E-state index is -0.157. The van der Waals surface area contributed by atoms with Crippen LogP contribution in [0.25, 0.3) is 0 Å². The Labute approximate surface area is 138 Å². The molecule has 2 aliphatic rings. The topological polar surface area (TPSA) is 41.6 Å². The number of amides is 1. The van der Waals surface area contributed by atoms with Crippen molar-refractivity contribution in [1.29, 1.82) is 0 Å². The van der Waals surface area contributed by atoms with Gasteiger partial charge in [0.05, 0.1) is 0 Å². The summed E-state index contributed by atoms with van der Waals surface area (Å²) in [6, 6.07) is 9.86. The van der Waals surface area contributed by atoms with Gasteiger partial charge >= 0.3 is 6.09 Å². The summed E-state index contributed by atoms with van der Waals surface area (Å²) in [5.74, 6) is 1.44. The molecule has 0 saturated carbocycles. The summed E-state index contributed by atoms with van der Waals surface area (Å²) in [6.07, 6.45) is 3.47. The van der Waals surface area contributed by atoms with Crippen LogP contribution in [0, 0.1) is 11.8 Å². The largest absolute Gasteiger partial charge is 0.445 e. The lowest BCUT2D eigenvalue weighted by molar-refractivity contribution is 0.101. The number of hydrogen-bond acceptors (Lipinski definition) is 3. The van der Waals surface area contributed by atoms with Gasteiger partial charge in [0.2, 0.25) is 0 Å². The Morgan fingerprint density at radius 1 is 1.14 bits per heavy atom. The van der Waals surface area contributed by atoms with Gasteiger partial charge in [0.1, 0.15) is 6.61 Å². The first kappa shape index (κ1) is 17.1. The molecule has 5 heteroatoms. The van der Waals surface area contributed by atoms with E-state index in [0.717, 1.165) is 44.1 Å².